The molecule has 1 amide bonds. The third-order valence-corrected chi connectivity index (χ3v) is 2.61. The van der Waals surface area contributed by atoms with E-state index in [4.69, 9.17) is 34.8 Å². The second-order valence-electron chi connectivity index (χ2n) is 3.34. The maximum absolute atomic E-state index is 11.5. The zero-order valence-corrected chi connectivity index (χ0v) is 11.0. The van der Waals surface area contributed by atoms with Crippen LogP contribution in [0.5, 0.6) is 0 Å². The summed E-state index contributed by atoms with van der Waals surface area (Å²) in [4.78, 5) is 22.1. The Hall–Kier alpha value is -0.770. The van der Waals surface area contributed by atoms with Crippen LogP contribution in [0.2, 0.25) is 0 Å². The van der Waals surface area contributed by atoms with Gasteiger partial charge >= 0.3 is 0 Å². The summed E-state index contributed by atoms with van der Waals surface area (Å²) in [5.74, 6) is -0.752. The lowest BCUT2D eigenvalue weighted by atomic mass is 10.0. The Bertz CT molecular complexity index is 389. The van der Waals surface area contributed by atoms with Gasteiger partial charge in [-0.25, -0.2) is 0 Å². The van der Waals surface area contributed by atoms with Gasteiger partial charge in [0.25, 0.3) is 9.70 Å². The van der Waals surface area contributed by atoms with E-state index in [1.807, 2.05) is 6.07 Å². The van der Waals surface area contributed by atoms with Gasteiger partial charge in [-0.15, -0.1) is 0 Å². The molecule has 0 bridgehead atoms. The van der Waals surface area contributed by atoms with Crippen LogP contribution in [-0.2, 0) is 9.59 Å². The SMILES string of the molecule is O=CCC(NC(=O)C(Cl)(Cl)Cl)c1ccccc1. The number of alkyl halides is 3. The summed E-state index contributed by atoms with van der Waals surface area (Å²) in [6, 6.07) is 8.51. The molecule has 0 saturated carbocycles. The third-order valence-electron chi connectivity index (χ3n) is 2.10. The number of aldehydes is 1. The molecule has 1 aromatic carbocycles. The number of halogens is 3. The molecule has 1 N–H and O–H groups in total. The molecule has 0 aliphatic carbocycles. The summed E-state index contributed by atoms with van der Waals surface area (Å²) < 4.78 is -2.03. The van der Waals surface area contributed by atoms with E-state index in [-0.39, 0.29) is 6.42 Å². The summed E-state index contributed by atoms with van der Waals surface area (Å²) in [5.41, 5.74) is 0.780. The molecule has 6 heteroatoms. The largest absolute Gasteiger partial charge is 0.345 e. The number of nitrogens with one attached hydrogen (secondary N) is 1. The lowest BCUT2D eigenvalue weighted by Gasteiger charge is -2.19. The Balaban J connectivity index is 2.81. The van der Waals surface area contributed by atoms with E-state index in [2.05, 4.69) is 5.32 Å². The molecule has 0 aliphatic heterocycles. The highest BCUT2D eigenvalue weighted by Crippen LogP contribution is 2.27. The molecular weight excluding hydrogens is 284 g/mol. The molecule has 0 aliphatic rings. The summed E-state index contributed by atoms with van der Waals surface area (Å²) in [6.07, 6.45) is 0.826. The molecule has 1 rings (SSSR count). The van der Waals surface area contributed by atoms with Crippen LogP contribution < -0.4 is 5.32 Å². The van der Waals surface area contributed by atoms with Gasteiger partial charge in [-0.1, -0.05) is 65.1 Å². The minimum Gasteiger partial charge on any atom is -0.345 e. The lowest BCUT2D eigenvalue weighted by Crippen LogP contribution is -2.37. The number of hydrogen-bond acceptors (Lipinski definition) is 2. The van der Waals surface area contributed by atoms with Crippen molar-refractivity contribution < 1.29 is 9.59 Å². The number of rotatable bonds is 4. The van der Waals surface area contributed by atoms with Gasteiger partial charge in [0.05, 0.1) is 6.04 Å². The highest BCUT2D eigenvalue weighted by Gasteiger charge is 2.32. The zero-order chi connectivity index (χ0) is 12.9. The maximum atomic E-state index is 11.5. The van der Waals surface area contributed by atoms with Crippen molar-refractivity contribution in [1.29, 1.82) is 0 Å². The van der Waals surface area contributed by atoms with Crippen molar-refractivity contribution in [3.05, 3.63) is 35.9 Å². The predicted molar refractivity (Wildman–Crippen MR) is 68.3 cm³/mol. The van der Waals surface area contributed by atoms with Crippen LogP contribution in [0.1, 0.15) is 18.0 Å². The molecule has 0 heterocycles. The van der Waals surface area contributed by atoms with Gasteiger partial charge in [-0.05, 0) is 5.56 Å². The molecule has 1 atom stereocenters. The minimum atomic E-state index is -2.03. The van der Waals surface area contributed by atoms with Crippen LogP contribution in [0.25, 0.3) is 0 Å². The summed E-state index contributed by atoms with van der Waals surface area (Å²) in [7, 11) is 0. The van der Waals surface area contributed by atoms with Gasteiger partial charge in [0.1, 0.15) is 6.29 Å². The smallest absolute Gasteiger partial charge is 0.272 e. The fourth-order valence-electron chi connectivity index (χ4n) is 1.30. The Morgan fingerprint density at radius 3 is 2.35 bits per heavy atom. The molecule has 1 aromatic rings. The van der Waals surface area contributed by atoms with E-state index in [1.54, 1.807) is 24.3 Å². The average molecular weight is 295 g/mol. The Labute approximate surface area is 114 Å². The first kappa shape index (κ1) is 14.3. The normalized spacial score (nSPS) is 12.9. The standard InChI is InChI=1S/C11H10Cl3NO2/c12-11(13,14)10(17)15-9(6-7-16)8-4-2-1-3-5-8/h1-5,7,9H,6H2,(H,15,17). The first-order chi connectivity index (χ1) is 7.95. The summed E-state index contributed by atoms with van der Waals surface area (Å²) in [5, 5.41) is 2.51. The van der Waals surface area contributed by atoms with E-state index < -0.39 is 15.7 Å². The van der Waals surface area contributed by atoms with E-state index in [9.17, 15) is 9.59 Å². The van der Waals surface area contributed by atoms with E-state index >= 15 is 0 Å². The number of amides is 1. The average Bonchev–Trinajstić information content (AvgIpc) is 2.28. The van der Waals surface area contributed by atoms with Gasteiger partial charge in [0.2, 0.25) is 0 Å². The van der Waals surface area contributed by atoms with E-state index in [0.717, 1.165) is 5.56 Å². The van der Waals surface area contributed by atoms with Crippen molar-refractivity contribution >= 4 is 47.0 Å². The van der Waals surface area contributed by atoms with Gasteiger partial charge in [0, 0.05) is 6.42 Å². The van der Waals surface area contributed by atoms with Crippen molar-refractivity contribution in [2.45, 2.75) is 16.3 Å². The Morgan fingerprint density at radius 1 is 1.29 bits per heavy atom. The maximum Gasteiger partial charge on any atom is 0.272 e. The highest BCUT2D eigenvalue weighted by molar-refractivity contribution is 6.76. The minimum absolute atomic E-state index is 0.122. The van der Waals surface area contributed by atoms with Crippen LogP contribution in [0.4, 0.5) is 0 Å². The van der Waals surface area contributed by atoms with Crippen molar-refractivity contribution in [1.82, 2.24) is 5.32 Å². The van der Waals surface area contributed by atoms with E-state index in [1.165, 1.54) is 0 Å². The van der Waals surface area contributed by atoms with Crippen LogP contribution >= 0.6 is 34.8 Å². The number of hydrogen-bond donors (Lipinski definition) is 1. The molecule has 0 fully saturated rings. The summed E-state index contributed by atoms with van der Waals surface area (Å²) >= 11 is 16.3. The first-order valence-corrected chi connectivity index (χ1v) is 5.95. The predicted octanol–water partition coefficient (Wildman–Crippen LogP) is 2.80. The zero-order valence-electron chi connectivity index (χ0n) is 8.70. The topological polar surface area (TPSA) is 46.2 Å². The molecule has 17 heavy (non-hydrogen) atoms. The number of carbonyl (C=O) groups excluding carboxylic acids is 2. The van der Waals surface area contributed by atoms with Crippen molar-refractivity contribution in [2.24, 2.45) is 0 Å². The summed E-state index contributed by atoms with van der Waals surface area (Å²) in [6.45, 7) is 0. The highest BCUT2D eigenvalue weighted by atomic mass is 35.6. The van der Waals surface area contributed by atoms with Crippen LogP contribution in [0.3, 0.4) is 0 Å². The molecule has 0 spiro atoms. The van der Waals surface area contributed by atoms with Crippen molar-refractivity contribution in [3.63, 3.8) is 0 Å². The van der Waals surface area contributed by atoms with E-state index in [0.29, 0.717) is 6.29 Å². The molecule has 92 valence electrons. The monoisotopic (exact) mass is 293 g/mol. The molecule has 1 unspecified atom stereocenters. The fraction of sp³-hybridized carbons (Fsp3) is 0.273. The van der Waals surface area contributed by atoms with Crippen LogP contribution in [0, 0.1) is 0 Å². The van der Waals surface area contributed by atoms with Crippen molar-refractivity contribution in [3.8, 4) is 0 Å². The van der Waals surface area contributed by atoms with Crippen molar-refractivity contribution in [2.75, 3.05) is 0 Å². The second kappa shape index (κ2) is 6.24. The third kappa shape index (κ3) is 4.54. The molecule has 0 saturated heterocycles. The van der Waals surface area contributed by atoms with Gasteiger partial charge in [0.15, 0.2) is 0 Å². The Morgan fingerprint density at radius 2 is 1.88 bits per heavy atom. The quantitative estimate of drug-likeness (QED) is 0.685. The Kier molecular flexibility index (Phi) is 5.25. The molecule has 0 aromatic heterocycles. The number of carbonyl (C=O) groups is 2. The second-order valence-corrected chi connectivity index (χ2v) is 5.62. The molecular formula is C11H10Cl3NO2. The first-order valence-electron chi connectivity index (χ1n) is 4.81. The van der Waals surface area contributed by atoms with Crippen LogP contribution in [0.15, 0.2) is 30.3 Å². The number of benzene rings is 1. The molecule has 0 radical (unpaired) electrons. The van der Waals surface area contributed by atoms with Gasteiger partial charge < -0.3 is 10.1 Å². The fourth-order valence-corrected chi connectivity index (χ4v) is 1.46. The molecule has 3 nitrogen and oxygen atoms in total. The van der Waals surface area contributed by atoms with Gasteiger partial charge in [-0.3, -0.25) is 4.79 Å². The van der Waals surface area contributed by atoms with Gasteiger partial charge in [-0.2, -0.15) is 0 Å². The lowest BCUT2D eigenvalue weighted by molar-refractivity contribution is -0.121. The van der Waals surface area contributed by atoms with Crippen LogP contribution in [-0.4, -0.2) is 16.0 Å².